The van der Waals surface area contributed by atoms with Gasteiger partial charge in [0.15, 0.2) is 0 Å². The predicted octanol–water partition coefficient (Wildman–Crippen LogP) is 1.82. The van der Waals surface area contributed by atoms with Crippen LogP contribution in [0.25, 0.3) is 0 Å². The average Bonchev–Trinajstić information content (AvgIpc) is 2.74. The highest BCUT2D eigenvalue weighted by atomic mass is 16.4. The molecule has 0 spiro atoms. The third kappa shape index (κ3) is 3.17. The molecule has 90 valence electrons. The first kappa shape index (κ1) is 11.4. The van der Waals surface area contributed by atoms with E-state index in [1.54, 1.807) is 18.5 Å². The fraction of sp³-hybridized carbons (Fsp3) is 0.364. The number of rotatable bonds is 5. The molecule has 2 rings (SSSR count). The van der Waals surface area contributed by atoms with Crippen molar-refractivity contribution in [2.24, 2.45) is 0 Å². The first-order chi connectivity index (χ1) is 8.28. The van der Waals surface area contributed by atoms with Gasteiger partial charge in [0.2, 0.25) is 11.8 Å². The van der Waals surface area contributed by atoms with Crippen molar-refractivity contribution < 1.29 is 4.42 Å². The van der Waals surface area contributed by atoms with Crippen molar-refractivity contribution in [3.8, 4) is 0 Å². The van der Waals surface area contributed by atoms with Gasteiger partial charge in [0.05, 0.1) is 12.7 Å². The third-order valence-corrected chi connectivity index (χ3v) is 2.08. The summed E-state index contributed by atoms with van der Waals surface area (Å²) in [6.07, 6.45) is 3.40. The lowest BCUT2D eigenvalue weighted by Crippen LogP contribution is -2.06. The zero-order valence-electron chi connectivity index (χ0n) is 9.90. The maximum atomic E-state index is 5.35. The van der Waals surface area contributed by atoms with Gasteiger partial charge < -0.3 is 15.1 Å². The van der Waals surface area contributed by atoms with Crippen LogP contribution in [0.4, 0.5) is 11.8 Å². The van der Waals surface area contributed by atoms with Crippen molar-refractivity contribution in [1.82, 2.24) is 15.0 Å². The molecule has 0 aliphatic heterocycles. The average molecular weight is 233 g/mol. The van der Waals surface area contributed by atoms with Crippen LogP contribution in [-0.2, 0) is 6.54 Å². The number of hydrogen-bond donors (Lipinski definition) is 2. The highest BCUT2D eigenvalue weighted by molar-refractivity contribution is 5.39. The zero-order chi connectivity index (χ0) is 12.1. The second-order valence-electron chi connectivity index (χ2n) is 3.51. The van der Waals surface area contributed by atoms with E-state index in [2.05, 4.69) is 25.6 Å². The van der Waals surface area contributed by atoms with E-state index < -0.39 is 0 Å². The highest BCUT2D eigenvalue weighted by Gasteiger charge is 2.02. The quantitative estimate of drug-likeness (QED) is 0.820. The van der Waals surface area contributed by atoms with Gasteiger partial charge in [-0.25, -0.2) is 9.97 Å². The van der Waals surface area contributed by atoms with E-state index in [0.717, 1.165) is 18.1 Å². The molecule has 0 aliphatic rings. The Hall–Kier alpha value is -2.11. The first-order valence-corrected chi connectivity index (χ1v) is 5.50. The summed E-state index contributed by atoms with van der Waals surface area (Å²) in [4.78, 5) is 12.5. The Kier molecular flexibility index (Phi) is 3.54. The minimum atomic E-state index is 0.510. The number of hydrogen-bond acceptors (Lipinski definition) is 6. The Balaban J connectivity index is 1.96. The molecule has 2 N–H and O–H groups in total. The maximum Gasteiger partial charge on any atom is 0.224 e. The number of nitrogens with zero attached hydrogens (tertiary/aromatic N) is 3. The number of aromatic nitrogens is 3. The van der Waals surface area contributed by atoms with Crippen molar-refractivity contribution in [3.05, 3.63) is 30.1 Å². The van der Waals surface area contributed by atoms with Crippen LogP contribution in [0, 0.1) is 6.92 Å². The number of nitrogens with one attached hydrogen (secondary N) is 2. The van der Waals surface area contributed by atoms with Crippen molar-refractivity contribution in [3.63, 3.8) is 0 Å². The molecule has 0 aromatic carbocycles. The van der Waals surface area contributed by atoms with Crippen LogP contribution in [0.2, 0.25) is 0 Å². The van der Waals surface area contributed by atoms with Gasteiger partial charge in [0.25, 0.3) is 0 Å². The van der Waals surface area contributed by atoms with Gasteiger partial charge >= 0.3 is 0 Å². The third-order valence-electron chi connectivity index (χ3n) is 2.08. The monoisotopic (exact) mass is 233 g/mol. The van der Waals surface area contributed by atoms with Crippen LogP contribution in [-0.4, -0.2) is 21.5 Å². The van der Waals surface area contributed by atoms with E-state index in [9.17, 15) is 0 Å². The fourth-order valence-corrected chi connectivity index (χ4v) is 1.35. The Morgan fingerprint density at radius 3 is 2.88 bits per heavy atom. The Morgan fingerprint density at radius 2 is 2.18 bits per heavy atom. The van der Waals surface area contributed by atoms with Gasteiger partial charge in [-0.3, -0.25) is 0 Å². The predicted molar refractivity (Wildman–Crippen MR) is 64.8 cm³/mol. The van der Waals surface area contributed by atoms with Crippen LogP contribution >= 0.6 is 0 Å². The minimum Gasteiger partial charge on any atom is -0.444 e. The lowest BCUT2D eigenvalue weighted by molar-refractivity contribution is 0.479. The number of anilines is 2. The molecule has 2 aromatic heterocycles. The van der Waals surface area contributed by atoms with Crippen LogP contribution in [0.15, 0.2) is 22.9 Å². The fourth-order valence-electron chi connectivity index (χ4n) is 1.35. The van der Waals surface area contributed by atoms with Gasteiger partial charge in [-0.05, 0) is 19.9 Å². The summed E-state index contributed by atoms with van der Waals surface area (Å²) in [7, 11) is 0. The summed E-state index contributed by atoms with van der Waals surface area (Å²) in [5, 5.41) is 6.17. The lowest BCUT2D eigenvalue weighted by Gasteiger charge is -2.05. The molecule has 6 heteroatoms. The van der Waals surface area contributed by atoms with Gasteiger partial charge in [0.1, 0.15) is 11.6 Å². The maximum absolute atomic E-state index is 5.35. The Bertz CT molecular complexity index is 482. The standard InChI is InChI=1S/C11H15N5O/c1-3-12-11-13-5-4-9(16-11)14-7-10-15-6-8(2)17-10/h4-6H,3,7H2,1-2H3,(H2,12,13,14,16). The summed E-state index contributed by atoms with van der Waals surface area (Å²) in [5.74, 6) is 2.80. The molecule has 0 saturated carbocycles. The summed E-state index contributed by atoms with van der Waals surface area (Å²) < 4.78 is 5.35. The van der Waals surface area contributed by atoms with E-state index in [1.165, 1.54) is 0 Å². The smallest absolute Gasteiger partial charge is 0.224 e. The van der Waals surface area contributed by atoms with Crippen LogP contribution < -0.4 is 10.6 Å². The van der Waals surface area contributed by atoms with Gasteiger partial charge in [-0.2, -0.15) is 4.98 Å². The summed E-state index contributed by atoms with van der Waals surface area (Å²) in [5.41, 5.74) is 0. The zero-order valence-corrected chi connectivity index (χ0v) is 9.90. The SMILES string of the molecule is CCNc1nccc(NCc2ncc(C)o2)n1. The number of aryl methyl sites for hydroxylation is 1. The molecular formula is C11H15N5O. The summed E-state index contributed by atoms with van der Waals surface area (Å²) in [6.45, 7) is 5.17. The van der Waals surface area contributed by atoms with Gasteiger partial charge in [-0.15, -0.1) is 0 Å². The van der Waals surface area contributed by atoms with E-state index in [1.807, 2.05) is 13.8 Å². The van der Waals surface area contributed by atoms with Crippen LogP contribution in [0.1, 0.15) is 18.6 Å². The van der Waals surface area contributed by atoms with Crippen LogP contribution in [0.3, 0.4) is 0 Å². The van der Waals surface area contributed by atoms with Crippen molar-refractivity contribution >= 4 is 11.8 Å². The van der Waals surface area contributed by atoms with E-state index in [4.69, 9.17) is 4.42 Å². The van der Waals surface area contributed by atoms with Crippen LogP contribution in [0.5, 0.6) is 0 Å². The van der Waals surface area contributed by atoms with Crippen molar-refractivity contribution in [2.45, 2.75) is 20.4 Å². The second kappa shape index (κ2) is 5.29. The minimum absolute atomic E-state index is 0.510. The number of oxazole rings is 1. The van der Waals surface area contributed by atoms with E-state index >= 15 is 0 Å². The Morgan fingerprint density at radius 1 is 1.29 bits per heavy atom. The highest BCUT2D eigenvalue weighted by Crippen LogP contribution is 2.08. The summed E-state index contributed by atoms with van der Waals surface area (Å²) in [6, 6.07) is 1.80. The van der Waals surface area contributed by atoms with Gasteiger partial charge in [-0.1, -0.05) is 0 Å². The lowest BCUT2D eigenvalue weighted by atomic mass is 10.5. The normalized spacial score (nSPS) is 10.2. The molecule has 0 fully saturated rings. The molecule has 0 saturated heterocycles. The molecule has 0 unspecified atom stereocenters. The first-order valence-electron chi connectivity index (χ1n) is 5.50. The van der Waals surface area contributed by atoms with E-state index in [0.29, 0.717) is 18.4 Å². The molecule has 2 aromatic rings. The molecule has 0 aliphatic carbocycles. The van der Waals surface area contributed by atoms with Gasteiger partial charge in [0, 0.05) is 12.7 Å². The van der Waals surface area contributed by atoms with Crippen molar-refractivity contribution in [1.29, 1.82) is 0 Å². The molecular weight excluding hydrogens is 218 g/mol. The molecule has 0 radical (unpaired) electrons. The summed E-state index contributed by atoms with van der Waals surface area (Å²) >= 11 is 0. The topological polar surface area (TPSA) is 75.9 Å². The second-order valence-corrected chi connectivity index (χ2v) is 3.51. The molecule has 2 heterocycles. The largest absolute Gasteiger partial charge is 0.444 e. The molecule has 0 amide bonds. The molecule has 0 atom stereocenters. The Labute approximate surface area is 99.5 Å². The van der Waals surface area contributed by atoms with Crippen molar-refractivity contribution in [2.75, 3.05) is 17.2 Å². The molecule has 17 heavy (non-hydrogen) atoms. The molecule has 0 bridgehead atoms. The van der Waals surface area contributed by atoms with E-state index in [-0.39, 0.29) is 0 Å². The molecule has 6 nitrogen and oxygen atoms in total.